The van der Waals surface area contributed by atoms with Crippen molar-refractivity contribution in [3.8, 4) is 0 Å². The first kappa shape index (κ1) is 14.8. The van der Waals surface area contributed by atoms with Gasteiger partial charge < -0.3 is 10.1 Å². The first-order valence-corrected chi connectivity index (χ1v) is 7.61. The van der Waals surface area contributed by atoms with Gasteiger partial charge in [0.05, 0.1) is 6.10 Å². The minimum Gasteiger partial charge on any atom is -0.378 e. The number of rotatable bonds is 5. The van der Waals surface area contributed by atoms with Crippen LogP contribution in [0.3, 0.4) is 0 Å². The minimum atomic E-state index is 0.292. The van der Waals surface area contributed by atoms with Crippen LogP contribution in [0.1, 0.15) is 48.9 Å². The highest BCUT2D eigenvalue weighted by molar-refractivity contribution is 6.31. The molecule has 1 aromatic carbocycles. The summed E-state index contributed by atoms with van der Waals surface area (Å²) in [6, 6.07) is 4.59. The maximum Gasteiger partial charge on any atom is 0.0594 e. The second-order valence-corrected chi connectivity index (χ2v) is 5.85. The van der Waals surface area contributed by atoms with E-state index in [0.29, 0.717) is 12.1 Å². The van der Waals surface area contributed by atoms with Crippen molar-refractivity contribution < 1.29 is 4.74 Å². The predicted molar refractivity (Wildman–Crippen MR) is 80.9 cm³/mol. The minimum absolute atomic E-state index is 0.292. The molecule has 3 heteroatoms. The van der Waals surface area contributed by atoms with Gasteiger partial charge >= 0.3 is 0 Å². The van der Waals surface area contributed by atoms with Crippen LogP contribution in [0.4, 0.5) is 0 Å². The summed E-state index contributed by atoms with van der Waals surface area (Å²) in [6.07, 6.45) is 3.74. The third-order valence-corrected chi connectivity index (χ3v) is 4.29. The predicted octanol–water partition coefficient (Wildman–Crippen LogP) is 4.18. The van der Waals surface area contributed by atoms with Crippen LogP contribution in [-0.4, -0.2) is 19.3 Å². The lowest BCUT2D eigenvalue weighted by Crippen LogP contribution is -2.25. The van der Waals surface area contributed by atoms with Crippen molar-refractivity contribution in [2.24, 2.45) is 0 Å². The first-order valence-electron chi connectivity index (χ1n) is 7.23. The van der Waals surface area contributed by atoms with Crippen LogP contribution >= 0.6 is 11.6 Å². The maximum atomic E-state index is 6.44. The van der Waals surface area contributed by atoms with Gasteiger partial charge in [-0.3, -0.25) is 0 Å². The summed E-state index contributed by atoms with van der Waals surface area (Å²) >= 11 is 6.44. The lowest BCUT2D eigenvalue weighted by atomic mass is 9.96. The van der Waals surface area contributed by atoms with Crippen molar-refractivity contribution in [1.29, 1.82) is 0 Å². The molecule has 19 heavy (non-hydrogen) atoms. The number of ether oxygens (including phenoxy) is 1. The van der Waals surface area contributed by atoms with E-state index in [-0.39, 0.29) is 0 Å². The van der Waals surface area contributed by atoms with Gasteiger partial charge in [-0.05, 0) is 62.4 Å². The van der Waals surface area contributed by atoms with E-state index in [1.165, 1.54) is 29.5 Å². The van der Waals surface area contributed by atoms with Gasteiger partial charge in [0.1, 0.15) is 0 Å². The second-order valence-electron chi connectivity index (χ2n) is 5.44. The summed E-state index contributed by atoms with van der Waals surface area (Å²) in [5.41, 5.74) is 3.76. The lowest BCUT2D eigenvalue weighted by molar-refractivity contribution is 0.0947. The van der Waals surface area contributed by atoms with Crippen LogP contribution in [-0.2, 0) is 4.74 Å². The van der Waals surface area contributed by atoms with E-state index in [0.717, 1.165) is 24.6 Å². The fourth-order valence-electron chi connectivity index (χ4n) is 2.73. The third-order valence-electron chi connectivity index (χ3n) is 3.96. The van der Waals surface area contributed by atoms with E-state index >= 15 is 0 Å². The number of benzene rings is 1. The zero-order valence-electron chi connectivity index (χ0n) is 12.1. The Morgan fingerprint density at radius 3 is 2.74 bits per heavy atom. The normalized spacial score (nSPS) is 20.7. The largest absolute Gasteiger partial charge is 0.378 e. The average Bonchev–Trinajstić information content (AvgIpc) is 2.86. The molecule has 1 fully saturated rings. The molecule has 2 atom stereocenters. The Labute approximate surface area is 121 Å². The zero-order chi connectivity index (χ0) is 13.8. The molecule has 1 aliphatic heterocycles. The highest BCUT2D eigenvalue weighted by Crippen LogP contribution is 2.31. The molecule has 2 unspecified atom stereocenters. The molecule has 1 aliphatic rings. The molecule has 0 spiro atoms. The zero-order valence-corrected chi connectivity index (χ0v) is 12.9. The molecule has 1 saturated heterocycles. The highest BCUT2D eigenvalue weighted by atomic mass is 35.5. The van der Waals surface area contributed by atoms with Gasteiger partial charge in [0.15, 0.2) is 0 Å². The van der Waals surface area contributed by atoms with E-state index in [9.17, 15) is 0 Å². The van der Waals surface area contributed by atoms with Gasteiger partial charge in [-0.1, -0.05) is 24.6 Å². The monoisotopic (exact) mass is 281 g/mol. The van der Waals surface area contributed by atoms with Gasteiger partial charge in [-0.2, -0.15) is 0 Å². The van der Waals surface area contributed by atoms with Crippen LogP contribution in [0.2, 0.25) is 5.02 Å². The second kappa shape index (κ2) is 6.74. The molecular formula is C16H24ClNO. The number of nitrogens with one attached hydrogen (secondary N) is 1. The Bertz CT molecular complexity index is 427. The van der Waals surface area contributed by atoms with Crippen LogP contribution in [0, 0.1) is 13.8 Å². The molecule has 0 radical (unpaired) electrons. The van der Waals surface area contributed by atoms with E-state index in [1.54, 1.807) is 0 Å². The lowest BCUT2D eigenvalue weighted by Gasteiger charge is -2.23. The van der Waals surface area contributed by atoms with E-state index in [2.05, 4.69) is 38.2 Å². The van der Waals surface area contributed by atoms with Crippen molar-refractivity contribution in [3.05, 3.63) is 33.8 Å². The molecule has 1 heterocycles. The van der Waals surface area contributed by atoms with Crippen molar-refractivity contribution in [1.82, 2.24) is 5.32 Å². The Hall–Kier alpha value is -0.570. The van der Waals surface area contributed by atoms with Gasteiger partial charge in [0, 0.05) is 17.7 Å². The number of hydrogen-bond donors (Lipinski definition) is 1. The third kappa shape index (κ3) is 3.71. The molecule has 0 bridgehead atoms. The Kier molecular flexibility index (Phi) is 5.26. The van der Waals surface area contributed by atoms with Crippen molar-refractivity contribution in [3.63, 3.8) is 0 Å². The van der Waals surface area contributed by atoms with Crippen molar-refractivity contribution in [2.45, 2.75) is 52.2 Å². The molecule has 1 aromatic rings. The fraction of sp³-hybridized carbons (Fsp3) is 0.625. The molecule has 1 N–H and O–H groups in total. The van der Waals surface area contributed by atoms with Crippen LogP contribution in [0.5, 0.6) is 0 Å². The SMILES string of the molecule is CCNC(CC1CCCO1)c1cc(C)c(C)cc1Cl. The van der Waals surface area contributed by atoms with Crippen LogP contribution < -0.4 is 5.32 Å². The molecule has 2 nitrogen and oxygen atoms in total. The van der Waals surface area contributed by atoms with E-state index in [1.807, 2.05) is 0 Å². The topological polar surface area (TPSA) is 21.3 Å². The van der Waals surface area contributed by atoms with Crippen LogP contribution in [0.15, 0.2) is 12.1 Å². The molecule has 106 valence electrons. The van der Waals surface area contributed by atoms with Crippen molar-refractivity contribution >= 4 is 11.6 Å². The quantitative estimate of drug-likeness (QED) is 0.874. The van der Waals surface area contributed by atoms with Crippen molar-refractivity contribution in [2.75, 3.05) is 13.2 Å². The number of hydrogen-bond acceptors (Lipinski definition) is 2. The molecule has 0 aromatic heterocycles. The molecule has 0 saturated carbocycles. The number of halogens is 1. The molecular weight excluding hydrogens is 258 g/mol. The van der Waals surface area contributed by atoms with Gasteiger partial charge in [-0.15, -0.1) is 0 Å². The van der Waals surface area contributed by atoms with Crippen LogP contribution in [0.25, 0.3) is 0 Å². The standard InChI is InChI=1S/C16H24ClNO/c1-4-18-16(10-13-6-5-7-19-13)14-8-11(2)12(3)9-15(14)17/h8-9,13,16,18H,4-7,10H2,1-3H3. The van der Waals surface area contributed by atoms with Gasteiger partial charge in [0.25, 0.3) is 0 Å². The maximum absolute atomic E-state index is 6.44. The molecule has 0 aliphatic carbocycles. The van der Waals surface area contributed by atoms with E-state index in [4.69, 9.17) is 16.3 Å². The Balaban J connectivity index is 2.19. The van der Waals surface area contributed by atoms with Gasteiger partial charge in [0.2, 0.25) is 0 Å². The smallest absolute Gasteiger partial charge is 0.0594 e. The number of aryl methyl sites for hydroxylation is 2. The summed E-state index contributed by atoms with van der Waals surface area (Å²) < 4.78 is 5.76. The summed E-state index contributed by atoms with van der Waals surface area (Å²) in [5, 5.41) is 4.42. The summed E-state index contributed by atoms with van der Waals surface area (Å²) in [4.78, 5) is 0. The molecule has 2 rings (SSSR count). The first-order chi connectivity index (χ1) is 9.11. The fourth-order valence-corrected chi connectivity index (χ4v) is 3.08. The Morgan fingerprint density at radius 2 is 2.11 bits per heavy atom. The summed E-state index contributed by atoms with van der Waals surface area (Å²) in [5.74, 6) is 0. The highest BCUT2D eigenvalue weighted by Gasteiger charge is 2.23. The van der Waals surface area contributed by atoms with Gasteiger partial charge in [-0.25, -0.2) is 0 Å². The Morgan fingerprint density at radius 1 is 1.37 bits per heavy atom. The molecule has 0 amide bonds. The average molecular weight is 282 g/mol. The summed E-state index contributed by atoms with van der Waals surface area (Å²) in [6.45, 7) is 8.24. The van der Waals surface area contributed by atoms with E-state index < -0.39 is 0 Å². The summed E-state index contributed by atoms with van der Waals surface area (Å²) in [7, 11) is 0.